The first kappa shape index (κ1) is 23.0. The van der Waals surface area contributed by atoms with Gasteiger partial charge < -0.3 is 0 Å². The zero-order chi connectivity index (χ0) is 21.0. The van der Waals surface area contributed by atoms with Crippen molar-refractivity contribution in [3.05, 3.63) is 53.7 Å². The summed E-state index contributed by atoms with van der Waals surface area (Å²) in [6, 6.07) is 13.7. The van der Waals surface area contributed by atoms with E-state index in [1.54, 1.807) is 0 Å². The van der Waals surface area contributed by atoms with Crippen LogP contribution in [0.4, 0.5) is 0 Å². The van der Waals surface area contributed by atoms with Gasteiger partial charge in [0.25, 0.3) is 0 Å². The number of aromatic nitrogens is 1. The van der Waals surface area contributed by atoms with Crippen LogP contribution in [-0.4, -0.2) is 4.98 Å². The summed E-state index contributed by atoms with van der Waals surface area (Å²) in [5.74, 6) is 1.95. The molecule has 1 aromatic carbocycles. The molecule has 1 nitrogen and oxygen atoms in total. The maximum Gasteiger partial charge on any atom is 0.0702 e. The van der Waals surface area contributed by atoms with Crippen molar-refractivity contribution in [2.24, 2.45) is 11.8 Å². The zero-order valence-corrected chi connectivity index (χ0v) is 19.5. The van der Waals surface area contributed by atoms with Gasteiger partial charge in [-0.15, -0.1) is 0 Å². The standard InChI is InChI=1S/C29H43N/c1-3-5-6-7-8-11-27-18-21-29(30-23-27)28-19-16-24(17-20-28)14-15-26-13-9-12-25(22-26)10-4-2/h16-21,23,25-26H,3-15,22H2,1-2H3. The molecule has 3 rings (SSSR count). The SMILES string of the molecule is CCCCCCCc1ccc(-c2ccc(CCC3CCCC(CCC)C3)cc2)nc1. The van der Waals surface area contributed by atoms with Gasteiger partial charge in [0.05, 0.1) is 5.69 Å². The summed E-state index contributed by atoms with van der Waals surface area (Å²) >= 11 is 0. The number of aryl methyl sites for hydroxylation is 2. The Kier molecular flexibility index (Phi) is 9.93. The average molecular weight is 406 g/mol. The second kappa shape index (κ2) is 12.9. The highest BCUT2D eigenvalue weighted by Gasteiger charge is 2.21. The Hall–Kier alpha value is -1.63. The molecule has 0 radical (unpaired) electrons. The predicted octanol–water partition coefficient (Wildman–Crippen LogP) is 8.80. The summed E-state index contributed by atoms with van der Waals surface area (Å²) < 4.78 is 0. The lowest BCUT2D eigenvalue weighted by Crippen LogP contribution is -2.16. The number of rotatable bonds is 12. The molecule has 30 heavy (non-hydrogen) atoms. The minimum absolute atomic E-state index is 0.950. The first-order chi connectivity index (χ1) is 14.8. The molecule has 2 atom stereocenters. The first-order valence-electron chi connectivity index (χ1n) is 12.8. The maximum absolute atomic E-state index is 4.74. The van der Waals surface area contributed by atoms with Gasteiger partial charge in [0.1, 0.15) is 0 Å². The molecular weight excluding hydrogens is 362 g/mol. The van der Waals surface area contributed by atoms with Crippen LogP contribution >= 0.6 is 0 Å². The third-order valence-corrected chi connectivity index (χ3v) is 7.07. The van der Waals surface area contributed by atoms with Gasteiger partial charge in [-0.1, -0.05) is 102 Å². The van der Waals surface area contributed by atoms with E-state index >= 15 is 0 Å². The van der Waals surface area contributed by atoms with Crippen molar-refractivity contribution < 1.29 is 0 Å². The Morgan fingerprint density at radius 2 is 1.47 bits per heavy atom. The largest absolute Gasteiger partial charge is 0.256 e. The normalized spacial score (nSPS) is 19.1. The number of nitrogens with zero attached hydrogens (tertiary/aromatic N) is 1. The van der Waals surface area contributed by atoms with Crippen LogP contribution in [0.3, 0.4) is 0 Å². The summed E-state index contributed by atoms with van der Waals surface area (Å²) in [4.78, 5) is 4.74. The molecule has 0 amide bonds. The summed E-state index contributed by atoms with van der Waals surface area (Å²) in [5.41, 5.74) is 5.21. The van der Waals surface area contributed by atoms with Crippen molar-refractivity contribution in [2.75, 3.05) is 0 Å². The Bertz CT molecular complexity index is 698. The van der Waals surface area contributed by atoms with Gasteiger partial charge in [-0.3, -0.25) is 4.98 Å². The molecule has 0 saturated heterocycles. The number of pyridine rings is 1. The van der Waals surface area contributed by atoms with Crippen molar-refractivity contribution in [2.45, 2.75) is 104 Å². The van der Waals surface area contributed by atoms with Gasteiger partial charge in [0.15, 0.2) is 0 Å². The van der Waals surface area contributed by atoms with Gasteiger partial charge in [-0.25, -0.2) is 0 Å². The molecule has 1 aliphatic carbocycles. The van der Waals surface area contributed by atoms with E-state index in [-0.39, 0.29) is 0 Å². The van der Waals surface area contributed by atoms with Crippen LogP contribution in [0.25, 0.3) is 11.3 Å². The van der Waals surface area contributed by atoms with E-state index in [4.69, 9.17) is 4.98 Å². The van der Waals surface area contributed by atoms with Gasteiger partial charge >= 0.3 is 0 Å². The van der Waals surface area contributed by atoms with E-state index < -0.39 is 0 Å². The molecule has 2 unspecified atom stereocenters. The number of unbranched alkanes of at least 4 members (excludes halogenated alkanes) is 4. The van der Waals surface area contributed by atoms with E-state index in [0.29, 0.717) is 0 Å². The van der Waals surface area contributed by atoms with Gasteiger partial charge in [0.2, 0.25) is 0 Å². The van der Waals surface area contributed by atoms with Crippen LogP contribution in [0.15, 0.2) is 42.6 Å². The molecule has 1 heteroatoms. The molecular formula is C29H43N. The van der Waals surface area contributed by atoms with Crippen molar-refractivity contribution in [3.8, 4) is 11.3 Å². The molecule has 0 aliphatic heterocycles. The van der Waals surface area contributed by atoms with Crippen LogP contribution < -0.4 is 0 Å². The lowest BCUT2D eigenvalue weighted by Gasteiger charge is -2.29. The van der Waals surface area contributed by atoms with E-state index in [1.165, 1.54) is 100 Å². The second-order valence-corrected chi connectivity index (χ2v) is 9.64. The van der Waals surface area contributed by atoms with Crippen molar-refractivity contribution in [3.63, 3.8) is 0 Å². The van der Waals surface area contributed by atoms with E-state index in [9.17, 15) is 0 Å². The zero-order valence-electron chi connectivity index (χ0n) is 19.5. The van der Waals surface area contributed by atoms with Crippen molar-refractivity contribution in [1.29, 1.82) is 0 Å². The third kappa shape index (κ3) is 7.56. The molecule has 1 aliphatic rings. The highest BCUT2D eigenvalue weighted by Crippen LogP contribution is 2.34. The monoisotopic (exact) mass is 405 g/mol. The topological polar surface area (TPSA) is 12.9 Å². The molecule has 1 fully saturated rings. The molecule has 1 heterocycles. The van der Waals surface area contributed by atoms with Crippen molar-refractivity contribution in [1.82, 2.24) is 4.98 Å². The first-order valence-corrected chi connectivity index (χ1v) is 12.8. The van der Waals surface area contributed by atoms with Crippen LogP contribution in [0.2, 0.25) is 0 Å². The molecule has 0 N–H and O–H groups in total. The highest BCUT2D eigenvalue weighted by atomic mass is 14.7. The summed E-state index contributed by atoms with van der Waals surface area (Å²) in [5, 5.41) is 0. The Morgan fingerprint density at radius 1 is 0.733 bits per heavy atom. The minimum atomic E-state index is 0.950. The summed E-state index contributed by atoms with van der Waals surface area (Å²) in [7, 11) is 0. The number of hydrogen-bond donors (Lipinski definition) is 0. The van der Waals surface area contributed by atoms with Crippen LogP contribution in [0.5, 0.6) is 0 Å². The van der Waals surface area contributed by atoms with E-state index in [2.05, 4.69) is 56.4 Å². The quantitative estimate of drug-likeness (QED) is 0.321. The number of hydrogen-bond acceptors (Lipinski definition) is 1. The fourth-order valence-electron chi connectivity index (χ4n) is 5.22. The molecule has 2 aromatic rings. The molecule has 0 spiro atoms. The Labute approximate surface area is 185 Å². The minimum Gasteiger partial charge on any atom is -0.256 e. The predicted molar refractivity (Wildman–Crippen MR) is 131 cm³/mol. The second-order valence-electron chi connectivity index (χ2n) is 9.64. The van der Waals surface area contributed by atoms with E-state index in [0.717, 1.165) is 24.0 Å². The molecule has 1 aromatic heterocycles. The summed E-state index contributed by atoms with van der Waals surface area (Å²) in [6.45, 7) is 4.61. The number of benzene rings is 1. The van der Waals surface area contributed by atoms with Gasteiger partial charge in [0, 0.05) is 11.8 Å². The third-order valence-electron chi connectivity index (χ3n) is 7.07. The Morgan fingerprint density at radius 3 is 2.17 bits per heavy atom. The average Bonchev–Trinajstić information content (AvgIpc) is 2.79. The molecule has 164 valence electrons. The summed E-state index contributed by atoms with van der Waals surface area (Å²) in [6.07, 6.45) is 21.2. The lowest BCUT2D eigenvalue weighted by atomic mass is 9.77. The van der Waals surface area contributed by atoms with Gasteiger partial charge in [-0.05, 0) is 61.1 Å². The fourth-order valence-corrected chi connectivity index (χ4v) is 5.22. The molecule has 0 bridgehead atoms. The van der Waals surface area contributed by atoms with Crippen LogP contribution in [0.1, 0.15) is 102 Å². The Balaban J connectivity index is 1.44. The highest BCUT2D eigenvalue weighted by molar-refractivity contribution is 5.59. The van der Waals surface area contributed by atoms with Crippen LogP contribution in [0, 0.1) is 11.8 Å². The van der Waals surface area contributed by atoms with E-state index in [1.807, 2.05) is 0 Å². The molecule has 1 saturated carbocycles. The van der Waals surface area contributed by atoms with Gasteiger partial charge in [-0.2, -0.15) is 0 Å². The maximum atomic E-state index is 4.74. The lowest BCUT2D eigenvalue weighted by molar-refractivity contribution is 0.243. The van der Waals surface area contributed by atoms with Crippen molar-refractivity contribution >= 4 is 0 Å². The smallest absolute Gasteiger partial charge is 0.0702 e. The fraction of sp³-hybridized carbons (Fsp3) is 0.621. The van der Waals surface area contributed by atoms with Crippen LogP contribution in [-0.2, 0) is 12.8 Å².